The van der Waals surface area contributed by atoms with Gasteiger partial charge in [0.25, 0.3) is 0 Å². The lowest BCUT2D eigenvalue weighted by atomic mass is 9.99. The number of phenols is 1. The summed E-state index contributed by atoms with van der Waals surface area (Å²) < 4.78 is 1.89. The Morgan fingerprint density at radius 2 is 2.29 bits per heavy atom. The van der Waals surface area contributed by atoms with Crippen molar-refractivity contribution in [3.05, 3.63) is 47.8 Å². The van der Waals surface area contributed by atoms with E-state index in [1.165, 1.54) is 0 Å². The Morgan fingerprint density at radius 1 is 1.47 bits per heavy atom. The van der Waals surface area contributed by atoms with E-state index in [9.17, 15) is 5.11 Å². The van der Waals surface area contributed by atoms with E-state index >= 15 is 0 Å². The molecule has 1 heterocycles. The van der Waals surface area contributed by atoms with Crippen LogP contribution in [0.15, 0.2) is 36.7 Å². The minimum absolute atomic E-state index is 0.168. The lowest BCUT2D eigenvalue weighted by molar-refractivity contribution is 0.470. The normalized spacial score (nSPS) is 12.6. The third kappa shape index (κ3) is 2.85. The Bertz CT molecular complexity index is 493. The van der Waals surface area contributed by atoms with Gasteiger partial charge in [0.1, 0.15) is 5.75 Å². The highest BCUT2D eigenvalue weighted by molar-refractivity contribution is 5.29. The second-order valence-electron chi connectivity index (χ2n) is 4.27. The highest BCUT2D eigenvalue weighted by Gasteiger charge is 2.11. The van der Waals surface area contributed by atoms with Crippen molar-refractivity contribution >= 4 is 0 Å². The number of aromatic nitrogens is 2. The summed E-state index contributed by atoms with van der Waals surface area (Å²) in [7, 11) is 0. The van der Waals surface area contributed by atoms with Crippen molar-refractivity contribution in [3.63, 3.8) is 0 Å². The summed E-state index contributed by atoms with van der Waals surface area (Å²) in [6.45, 7) is 3.27. The minimum Gasteiger partial charge on any atom is -0.508 e. The van der Waals surface area contributed by atoms with Crippen LogP contribution in [0.2, 0.25) is 0 Å². The van der Waals surface area contributed by atoms with Gasteiger partial charge < -0.3 is 10.8 Å². The lowest BCUT2D eigenvalue weighted by Gasteiger charge is -2.15. The molecule has 0 amide bonds. The van der Waals surface area contributed by atoms with Gasteiger partial charge in [-0.2, -0.15) is 5.10 Å². The molecule has 0 bridgehead atoms. The number of aromatic hydroxyl groups is 1. The second kappa shape index (κ2) is 5.01. The van der Waals surface area contributed by atoms with Crippen LogP contribution in [-0.4, -0.2) is 21.4 Å². The summed E-state index contributed by atoms with van der Waals surface area (Å²) in [5.41, 5.74) is 7.96. The molecule has 0 radical (unpaired) electrons. The highest BCUT2D eigenvalue weighted by atomic mass is 16.3. The molecule has 0 aliphatic heterocycles. The van der Waals surface area contributed by atoms with Crippen molar-refractivity contribution in [2.75, 3.05) is 6.54 Å². The molecule has 0 aliphatic rings. The average Bonchev–Trinajstić information content (AvgIpc) is 2.72. The van der Waals surface area contributed by atoms with E-state index in [-0.39, 0.29) is 11.7 Å². The molecule has 2 rings (SSSR count). The van der Waals surface area contributed by atoms with Gasteiger partial charge in [0.15, 0.2) is 0 Å². The summed E-state index contributed by atoms with van der Waals surface area (Å²) in [4.78, 5) is 0. The standard InChI is InChI=1S/C13H17N3O/c1-10-7-15-16(8-10)9-12(6-14)11-3-2-4-13(17)5-11/h2-5,7-8,12,17H,6,9,14H2,1H3. The first-order chi connectivity index (χ1) is 8.19. The van der Waals surface area contributed by atoms with E-state index in [0.29, 0.717) is 6.54 Å². The number of phenolic OH excluding ortho intramolecular Hbond substituents is 1. The summed E-state index contributed by atoms with van der Waals surface area (Å²) >= 11 is 0. The number of hydrogen-bond acceptors (Lipinski definition) is 3. The number of benzene rings is 1. The van der Waals surface area contributed by atoms with E-state index in [1.54, 1.807) is 12.1 Å². The predicted octanol–water partition coefficient (Wildman–Crippen LogP) is 1.64. The average molecular weight is 231 g/mol. The Labute approximate surface area is 101 Å². The first-order valence-electron chi connectivity index (χ1n) is 5.67. The van der Waals surface area contributed by atoms with Crippen LogP contribution in [0.25, 0.3) is 0 Å². The monoisotopic (exact) mass is 231 g/mol. The maximum atomic E-state index is 9.46. The van der Waals surface area contributed by atoms with Crippen LogP contribution >= 0.6 is 0 Å². The zero-order valence-electron chi connectivity index (χ0n) is 9.87. The maximum absolute atomic E-state index is 9.46. The molecule has 1 unspecified atom stereocenters. The van der Waals surface area contributed by atoms with E-state index < -0.39 is 0 Å². The molecule has 1 aromatic heterocycles. The first-order valence-corrected chi connectivity index (χ1v) is 5.67. The number of rotatable bonds is 4. The van der Waals surface area contributed by atoms with Gasteiger partial charge in [-0.15, -0.1) is 0 Å². The number of hydrogen-bond donors (Lipinski definition) is 2. The number of aryl methyl sites for hydroxylation is 1. The molecular weight excluding hydrogens is 214 g/mol. The van der Waals surface area contributed by atoms with Gasteiger partial charge >= 0.3 is 0 Å². The zero-order valence-corrected chi connectivity index (χ0v) is 9.87. The quantitative estimate of drug-likeness (QED) is 0.840. The Balaban J connectivity index is 2.16. The van der Waals surface area contributed by atoms with Crippen LogP contribution in [0.1, 0.15) is 17.0 Å². The molecule has 0 saturated heterocycles. The van der Waals surface area contributed by atoms with Crippen molar-refractivity contribution < 1.29 is 5.11 Å². The van der Waals surface area contributed by atoms with Crippen LogP contribution in [0.3, 0.4) is 0 Å². The topological polar surface area (TPSA) is 64.1 Å². The van der Waals surface area contributed by atoms with Gasteiger partial charge in [0.05, 0.1) is 6.20 Å². The summed E-state index contributed by atoms with van der Waals surface area (Å²) in [5.74, 6) is 0.444. The SMILES string of the molecule is Cc1cnn(CC(CN)c2cccc(O)c2)c1. The number of nitrogens with two attached hydrogens (primary N) is 1. The lowest BCUT2D eigenvalue weighted by Crippen LogP contribution is -2.18. The second-order valence-corrected chi connectivity index (χ2v) is 4.27. The highest BCUT2D eigenvalue weighted by Crippen LogP contribution is 2.20. The maximum Gasteiger partial charge on any atom is 0.115 e. The molecule has 0 fully saturated rings. The third-order valence-corrected chi connectivity index (χ3v) is 2.80. The molecule has 0 saturated carbocycles. The summed E-state index contributed by atoms with van der Waals surface area (Å²) in [6.07, 6.45) is 3.82. The van der Waals surface area contributed by atoms with Crippen LogP contribution < -0.4 is 5.73 Å². The fraction of sp³-hybridized carbons (Fsp3) is 0.308. The molecule has 90 valence electrons. The van der Waals surface area contributed by atoms with E-state index in [1.807, 2.05) is 36.1 Å². The molecule has 2 aromatic rings. The largest absolute Gasteiger partial charge is 0.508 e. The van der Waals surface area contributed by atoms with Crippen LogP contribution in [0.5, 0.6) is 5.75 Å². The Kier molecular flexibility index (Phi) is 3.44. The molecule has 0 spiro atoms. The van der Waals surface area contributed by atoms with E-state index in [4.69, 9.17) is 5.73 Å². The van der Waals surface area contributed by atoms with Gasteiger partial charge in [0, 0.05) is 25.2 Å². The zero-order chi connectivity index (χ0) is 12.3. The van der Waals surface area contributed by atoms with Crippen LogP contribution in [0, 0.1) is 6.92 Å². The molecule has 4 nitrogen and oxygen atoms in total. The van der Waals surface area contributed by atoms with Gasteiger partial charge in [-0.25, -0.2) is 0 Å². The molecule has 1 atom stereocenters. The molecule has 4 heteroatoms. The van der Waals surface area contributed by atoms with Crippen molar-refractivity contribution in [3.8, 4) is 5.75 Å². The summed E-state index contributed by atoms with van der Waals surface area (Å²) in [6, 6.07) is 7.23. The molecule has 17 heavy (non-hydrogen) atoms. The smallest absolute Gasteiger partial charge is 0.115 e. The first kappa shape index (κ1) is 11.7. The van der Waals surface area contributed by atoms with Crippen LogP contribution in [0.4, 0.5) is 0 Å². The van der Waals surface area contributed by atoms with E-state index in [0.717, 1.165) is 17.7 Å². The van der Waals surface area contributed by atoms with Crippen molar-refractivity contribution in [1.82, 2.24) is 9.78 Å². The Morgan fingerprint density at radius 3 is 2.88 bits per heavy atom. The molecule has 0 aliphatic carbocycles. The Hall–Kier alpha value is -1.81. The van der Waals surface area contributed by atoms with Gasteiger partial charge in [-0.1, -0.05) is 12.1 Å². The minimum atomic E-state index is 0.168. The van der Waals surface area contributed by atoms with E-state index in [2.05, 4.69) is 5.10 Å². The van der Waals surface area contributed by atoms with Gasteiger partial charge in [-0.05, 0) is 30.2 Å². The third-order valence-electron chi connectivity index (χ3n) is 2.80. The molecular formula is C13H17N3O. The fourth-order valence-corrected chi connectivity index (χ4v) is 1.89. The van der Waals surface area contributed by atoms with Gasteiger partial charge in [0.2, 0.25) is 0 Å². The van der Waals surface area contributed by atoms with Crippen molar-refractivity contribution in [2.45, 2.75) is 19.4 Å². The molecule has 1 aromatic carbocycles. The fourth-order valence-electron chi connectivity index (χ4n) is 1.89. The van der Waals surface area contributed by atoms with Crippen LogP contribution in [-0.2, 0) is 6.54 Å². The van der Waals surface area contributed by atoms with Crippen molar-refractivity contribution in [1.29, 1.82) is 0 Å². The van der Waals surface area contributed by atoms with Crippen molar-refractivity contribution in [2.24, 2.45) is 5.73 Å². The molecule has 3 N–H and O–H groups in total. The summed E-state index contributed by atoms with van der Waals surface area (Å²) in [5, 5.41) is 13.7. The predicted molar refractivity (Wildman–Crippen MR) is 66.9 cm³/mol. The number of nitrogens with zero attached hydrogens (tertiary/aromatic N) is 2. The van der Waals surface area contributed by atoms with Gasteiger partial charge in [-0.3, -0.25) is 4.68 Å².